The Hall–Kier alpha value is -1.50. The van der Waals surface area contributed by atoms with Crippen molar-refractivity contribution in [3.8, 4) is 6.57 Å². The van der Waals surface area contributed by atoms with Crippen LogP contribution >= 0.6 is 0 Å². The number of alkyl halides is 3. The molecule has 0 heterocycles. The van der Waals surface area contributed by atoms with Crippen LogP contribution in [-0.4, -0.2) is 0 Å². The average Bonchev–Trinajstić information content (AvgIpc) is 3.03. The molecule has 15 heavy (non-hydrogen) atoms. The van der Waals surface area contributed by atoms with Crippen LogP contribution in [0.3, 0.4) is 0 Å². The molecule has 0 saturated heterocycles. The summed E-state index contributed by atoms with van der Waals surface area (Å²) in [5.74, 6) is 0.151. The first-order valence-electron chi connectivity index (χ1n) is 4.51. The van der Waals surface area contributed by atoms with Gasteiger partial charge in [-0.15, -0.1) is 0 Å². The summed E-state index contributed by atoms with van der Waals surface area (Å²) in [4.78, 5) is 0. The van der Waals surface area contributed by atoms with E-state index >= 15 is 0 Å². The van der Waals surface area contributed by atoms with Crippen LogP contribution in [0.1, 0.15) is 29.9 Å². The number of benzene rings is 1. The lowest BCUT2D eigenvalue weighted by molar-refractivity contribution is -0.138. The van der Waals surface area contributed by atoms with Gasteiger partial charge in [0.15, 0.2) is 0 Å². The molecular weight excluding hydrogens is 203 g/mol. The molecule has 1 fully saturated rings. The third kappa shape index (κ3) is 2.72. The summed E-state index contributed by atoms with van der Waals surface area (Å²) in [6.07, 6.45) is -2.40. The van der Waals surface area contributed by atoms with Crippen molar-refractivity contribution in [3.05, 3.63) is 35.4 Å². The van der Waals surface area contributed by atoms with Crippen molar-refractivity contribution < 1.29 is 13.2 Å². The van der Waals surface area contributed by atoms with Gasteiger partial charge in [0, 0.05) is 6.57 Å². The standard InChI is InChI=1S/C10H9F3.CHN/c11-10(12,13)9-4-2-1-3-8(9)7-5-6-7;1-2/h1-4,7H,5-6H2;1H. The van der Waals surface area contributed by atoms with Gasteiger partial charge in [-0.1, -0.05) is 18.2 Å². The molecular formula is C11H10F3N. The molecule has 0 aromatic heterocycles. The number of rotatable bonds is 1. The molecule has 4 heteroatoms. The molecule has 1 aromatic rings. The lowest BCUT2D eigenvalue weighted by Gasteiger charge is -2.11. The molecule has 0 aliphatic heterocycles. The second-order valence-electron chi connectivity index (χ2n) is 3.36. The van der Waals surface area contributed by atoms with E-state index in [9.17, 15) is 13.2 Å². The summed E-state index contributed by atoms with van der Waals surface area (Å²) in [6, 6.07) is 5.85. The monoisotopic (exact) mass is 213 g/mol. The normalized spacial score (nSPS) is 15.3. The number of hydrogen-bond acceptors (Lipinski definition) is 1. The van der Waals surface area contributed by atoms with E-state index in [1.54, 1.807) is 12.1 Å². The maximum absolute atomic E-state index is 12.4. The van der Waals surface area contributed by atoms with Crippen LogP contribution in [0.4, 0.5) is 13.2 Å². The molecule has 1 nitrogen and oxygen atoms in total. The lowest BCUT2D eigenvalue weighted by atomic mass is 10.0. The molecule has 80 valence electrons. The van der Waals surface area contributed by atoms with Crippen LogP contribution in [0.2, 0.25) is 0 Å². The van der Waals surface area contributed by atoms with Gasteiger partial charge in [0.2, 0.25) is 0 Å². The molecule has 1 saturated carbocycles. The maximum Gasteiger partial charge on any atom is 0.416 e. The second kappa shape index (κ2) is 4.35. The maximum atomic E-state index is 12.4. The van der Waals surface area contributed by atoms with E-state index in [2.05, 4.69) is 6.57 Å². The van der Waals surface area contributed by atoms with Gasteiger partial charge in [0.1, 0.15) is 0 Å². The Balaban J connectivity index is 0.000000531. The largest absolute Gasteiger partial charge is 0.416 e. The molecule has 0 bridgehead atoms. The minimum atomic E-state index is -4.20. The zero-order chi connectivity index (χ0) is 11.5. The van der Waals surface area contributed by atoms with E-state index in [0.29, 0.717) is 5.56 Å². The quantitative estimate of drug-likeness (QED) is 0.697. The summed E-state index contributed by atoms with van der Waals surface area (Å²) in [7, 11) is 0. The first-order chi connectivity index (χ1) is 7.09. The van der Waals surface area contributed by atoms with Crippen molar-refractivity contribution in [1.29, 1.82) is 5.26 Å². The fraction of sp³-hybridized carbons (Fsp3) is 0.364. The summed E-state index contributed by atoms with van der Waals surface area (Å²) in [5.41, 5.74) is 0.00694. The molecule has 0 radical (unpaired) electrons. The zero-order valence-corrected chi connectivity index (χ0v) is 7.96. The first kappa shape index (κ1) is 11.6. The van der Waals surface area contributed by atoms with E-state index in [-0.39, 0.29) is 5.92 Å². The van der Waals surface area contributed by atoms with E-state index < -0.39 is 11.7 Å². The number of nitriles is 1. The van der Waals surface area contributed by atoms with E-state index in [1.807, 2.05) is 0 Å². The first-order valence-corrected chi connectivity index (χ1v) is 4.51. The smallest absolute Gasteiger partial charge is 0.202 e. The Morgan fingerprint density at radius 2 is 1.67 bits per heavy atom. The van der Waals surface area contributed by atoms with Gasteiger partial charge in [-0.2, -0.15) is 13.2 Å². The average molecular weight is 213 g/mol. The Morgan fingerprint density at radius 3 is 2.13 bits per heavy atom. The minimum absolute atomic E-state index is 0.151. The number of hydrogen-bond donors (Lipinski definition) is 0. The Bertz CT molecular complexity index is 350. The topological polar surface area (TPSA) is 23.8 Å². The van der Waals surface area contributed by atoms with Crippen LogP contribution in [0, 0.1) is 11.8 Å². The highest BCUT2D eigenvalue weighted by atomic mass is 19.4. The summed E-state index contributed by atoms with van der Waals surface area (Å²) in [6.45, 7) is 3.50. The van der Waals surface area contributed by atoms with Gasteiger partial charge in [-0.05, 0) is 30.4 Å². The van der Waals surface area contributed by atoms with Crippen molar-refractivity contribution in [3.63, 3.8) is 0 Å². The minimum Gasteiger partial charge on any atom is -0.202 e. The van der Waals surface area contributed by atoms with Crippen LogP contribution in [0.5, 0.6) is 0 Å². The van der Waals surface area contributed by atoms with Gasteiger partial charge in [-0.3, -0.25) is 0 Å². The van der Waals surface area contributed by atoms with Gasteiger partial charge < -0.3 is 0 Å². The van der Waals surface area contributed by atoms with Crippen molar-refractivity contribution >= 4 is 0 Å². The highest BCUT2D eigenvalue weighted by molar-refractivity contribution is 5.35. The summed E-state index contributed by atoms with van der Waals surface area (Å²) < 4.78 is 37.3. The third-order valence-corrected chi connectivity index (χ3v) is 2.28. The Morgan fingerprint density at radius 1 is 1.13 bits per heavy atom. The second-order valence-corrected chi connectivity index (χ2v) is 3.36. The van der Waals surface area contributed by atoms with Crippen LogP contribution in [-0.2, 0) is 6.18 Å². The number of nitrogens with zero attached hydrogens (tertiary/aromatic N) is 1. The van der Waals surface area contributed by atoms with Crippen LogP contribution in [0.25, 0.3) is 0 Å². The molecule has 0 atom stereocenters. The fourth-order valence-electron chi connectivity index (χ4n) is 1.51. The molecule has 0 unspecified atom stereocenters. The molecule has 0 amide bonds. The van der Waals surface area contributed by atoms with Crippen LogP contribution < -0.4 is 0 Å². The van der Waals surface area contributed by atoms with E-state index in [4.69, 9.17) is 5.26 Å². The predicted molar refractivity (Wildman–Crippen MR) is 50.1 cm³/mol. The van der Waals surface area contributed by atoms with Gasteiger partial charge in [-0.25, -0.2) is 5.26 Å². The van der Waals surface area contributed by atoms with Crippen molar-refractivity contribution in [2.24, 2.45) is 0 Å². The molecule has 0 spiro atoms. The Labute approximate surface area is 86.1 Å². The van der Waals surface area contributed by atoms with Gasteiger partial charge in [0.25, 0.3) is 0 Å². The summed E-state index contributed by atoms with van der Waals surface area (Å²) >= 11 is 0. The van der Waals surface area contributed by atoms with Crippen molar-refractivity contribution in [2.45, 2.75) is 24.9 Å². The Kier molecular flexibility index (Phi) is 3.35. The third-order valence-electron chi connectivity index (χ3n) is 2.28. The molecule has 0 N–H and O–H groups in total. The molecule has 2 rings (SSSR count). The van der Waals surface area contributed by atoms with Crippen LogP contribution in [0.15, 0.2) is 24.3 Å². The zero-order valence-electron chi connectivity index (χ0n) is 7.96. The lowest BCUT2D eigenvalue weighted by Crippen LogP contribution is -2.08. The van der Waals surface area contributed by atoms with Gasteiger partial charge >= 0.3 is 6.18 Å². The van der Waals surface area contributed by atoms with Gasteiger partial charge in [0.05, 0.1) is 5.56 Å². The molecule has 1 aliphatic rings. The SMILES string of the molecule is C#N.FC(F)(F)c1ccccc1C1CC1. The highest BCUT2D eigenvalue weighted by Crippen LogP contribution is 2.45. The van der Waals surface area contributed by atoms with Crippen molar-refractivity contribution in [1.82, 2.24) is 0 Å². The van der Waals surface area contributed by atoms with E-state index in [1.165, 1.54) is 6.07 Å². The number of halogens is 3. The highest BCUT2D eigenvalue weighted by Gasteiger charge is 2.37. The molecule has 1 aromatic carbocycles. The predicted octanol–water partition coefficient (Wildman–Crippen LogP) is 3.72. The fourth-order valence-corrected chi connectivity index (χ4v) is 1.51. The molecule has 1 aliphatic carbocycles. The summed E-state index contributed by atoms with van der Waals surface area (Å²) in [5, 5.41) is 6.50. The van der Waals surface area contributed by atoms with Crippen molar-refractivity contribution in [2.75, 3.05) is 0 Å². The van der Waals surface area contributed by atoms with E-state index in [0.717, 1.165) is 18.9 Å².